The van der Waals surface area contributed by atoms with E-state index in [4.69, 9.17) is 11.5 Å². The predicted octanol–water partition coefficient (Wildman–Crippen LogP) is 1.04. The van der Waals surface area contributed by atoms with Gasteiger partial charge in [0.15, 0.2) is 5.78 Å². The maximum Gasteiger partial charge on any atom is 0.387 e. The van der Waals surface area contributed by atoms with Gasteiger partial charge in [0.25, 0.3) is 0 Å². The zero-order chi connectivity index (χ0) is 19.7. The smallest absolute Gasteiger partial charge is 0.387 e. The van der Waals surface area contributed by atoms with Gasteiger partial charge in [0, 0.05) is 49.3 Å². The Bertz CT molecular complexity index is 924. The van der Waals surface area contributed by atoms with Crippen LogP contribution in [0, 0.1) is 18.8 Å². The third kappa shape index (κ3) is 3.52. The lowest BCUT2D eigenvalue weighted by atomic mass is 9.80. The summed E-state index contributed by atoms with van der Waals surface area (Å²) in [5, 5.41) is 3.15. The fraction of sp³-hybridized carbons (Fsp3) is 0.368. The van der Waals surface area contributed by atoms with Crippen LogP contribution < -0.4 is 21.8 Å². The number of hydrogen-bond donors (Lipinski definition) is 3. The molecule has 2 atom stereocenters. The van der Waals surface area contributed by atoms with Crippen molar-refractivity contribution in [2.24, 2.45) is 11.7 Å². The first kappa shape index (κ1) is 18.9. The number of nitrogen functional groups attached to an aromatic ring is 1. The fourth-order valence-electron chi connectivity index (χ4n) is 3.85. The molecule has 0 fully saturated rings. The number of nitrogens with zero attached hydrogens (tertiary/aromatic N) is 2. The number of halogens is 1. The Labute approximate surface area is 157 Å². The second kappa shape index (κ2) is 7.40. The number of pyridine rings is 1. The van der Waals surface area contributed by atoms with Gasteiger partial charge in [-0.1, -0.05) is 4.98 Å². The highest BCUT2D eigenvalue weighted by Gasteiger charge is 2.34. The third-order valence-electron chi connectivity index (χ3n) is 4.86. The second-order valence-electron chi connectivity index (χ2n) is 6.80. The lowest BCUT2D eigenvalue weighted by Crippen LogP contribution is -2.35. The number of carbonyl (C=O) groups excluding carboxylic acids is 1. The van der Waals surface area contributed by atoms with Crippen LogP contribution in [0.15, 0.2) is 24.0 Å². The van der Waals surface area contributed by atoms with Crippen LogP contribution in [0.25, 0.3) is 5.57 Å². The molecule has 0 bridgehead atoms. The number of carbonyl (C=O) groups is 1. The van der Waals surface area contributed by atoms with E-state index in [0.29, 0.717) is 28.8 Å². The SMILES string of the molecule is CN/C(=C(/c1cccnc1F)C(C)N)C1CC(=O)c2c(C)nc(N)[nH+]c2C1. The van der Waals surface area contributed by atoms with Crippen molar-refractivity contribution in [1.29, 1.82) is 0 Å². The van der Waals surface area contributed by atoms with Crippen molar-refractivity contribution in [3.8, 4) is 0 Å². The molecule has 27 heavy (non-hydrogen) atoms. The molecule has 3 rings (SSSR count). The topological polar surface area (TPSA) is 121 Å². The van der Waals surface area contributed by atoms with Gasteiger partial charge in [0.05, 0.1) is 11.3 Å². The lowest BCUT2D eigenvalue weighted by Gasteiger charge is -2.28. The van der Waals surface area contributed by atoms with E-state index in [-0.39, 0.29) is 24.1 Å². The van der Waals surface area contributed by atoms with Crippen LogP contribution in [0.4, 0.5) is 10.3 Å². The Morgan fingerprint density at radius 1 is 1.44 bits per heavy atom. The van der Waals surface area contributed by atoms with Gasteiger partial charge in [-0.2, -0.15) is 4.39 Å². The lowest BCUT2D eigenvalue weighted by molar-refractivity contribution is -0.378. The van der Waals surface area contributed by atoms with Crippen molar-refractivity contribution in [2.75, 3.05) is 12.8 Å². The molecule has 0 spiro atoms. The standard InChI is InChI=1S/C19H23FN6O/c1-9(21)15(12-5-4-6-24-18(12)20)17(23-3)11-7-13-16(14(27)8-11)10(2)25-19(22)26-13/h4-6,9,11,23H,7-8,21H2,1-3H3,(H2,22,25,26)/p+1/b17-15+. The minimum absolute atomic E-state index is 0.0223. The van der Waals surface area contributed by atoms with E-state index >= 15 is 0 Å². The van der Waals surface area contributed by atoms with Crippen molar-refractivity contribution in [1.82, 2.24) is 15.3 Å². The Morgan fingerprint density at radius 3 is 2.81 bits per heavy atom. The van der Waals surface area contributed by atoms with Crippen LogP contribution in [0.1, 0.15) is 40.7 Å². The maximum atomic E-state index is 14.4. The van der Waals surface area contributed by atoms with Crippen molar-refractivity contribution in [2.45, 2.75) is 32.7 Å². The molecule has 0 saturated heterocycles. The van der Waals surface area contributed by atoms with Gasteiger partial charge in [-0.25, -0.2) is 9.97 Å². The van der Waals surface area contributed by atoms with Gasteiger partial charge in [-0.3, -0.25) is 10.5 Å². The van der Waals surface area contributed by atoms with Gasteiger partial charge in [0.1, 0.15) is 5.69 Å². The molecule has 142 valence electrons. The summed E-state index contributed by atoms with van der Waals surface area (Å²) in [5.74, 6) is -0.532. The van der Waals surface area contributed by atoms with Gasteiger partial charge in [0.2, 0.25) is 5.95 Å². The van der Waals surface area contributed by atoms with Crippen molar-refractivity contribution >= 4 is 17.3 Å². The van der Waals surface area contributed by atoms with Gasteiger partial charge in [-0.05, 0) is 31.6 Å². The highest BCUT2D eigenvalue weighted by atomic mass is 19.1. The first-order valence-electron chi connectivity index (χ1n) is 8.83. The average molecular weight is 371 g/mol. The predicted molar refractivity (Wildman–Crippen MR) is 99.9 cm³/mol. The van der Waals surface area contributed by atoms with Crippen LogP contribution in [0.5, 0.6) is 0 Å². The highest BCUT2D eigenvalue weighted by Crippen LogP contribution is 2.33. The largest absolute Gasteiger partial charge is 0.391 e. The Morgan fingerprint density at radius 2 is 2.19 bits per heavy atom. The summed E-state index contributed by atoms with van der Waals surface area (Å²) in [6, 6.07) is 2.87. The number of nitrogens with one attached hydrogen (secondary N) is 2. The number of Topliss-reactive ketones (excluding diaryl/α,β-unsaturated/α-hetero) is 1. The van der Waals surface area contributed by atoms with Crippen molar-refractivity contribution in [3.05, 3.63) is 52.5 Å². The molecule has 2 unspecified atom stereocenters. The number of fused-ring (bicyclic) bond motifs is 1. The molecule has 6 N–H and O–H groups in total. The molecule has 0 saturated carbocycles. The molecule has 0 radical (unpaired) electrons. The minimum Gasteiger partial charge on any atom is -0.391 e. The van der Waals surface area contributed by atoms with Crippen LogP contribution in [0.2, 0.25) is 0 Å². The van der Waals surface area contributed by atoms with Gasteiger partial charge in [-0.15, -0.1) is 0 Å². The molecule has 1 aliphatic rings. The third-order valence-corrected chi connectivity index (χ3v) is 4.86. The number of aryl methyl sites for hydroxylation is 1. The summed E-state index contributed by atoms with van der Waals surface area (Å²) in [6.07, 6.45) is 2.22. The summed E-state index contributed by atoms with van der Waals surface area (Å²) in [6.45, 7) is 3.56. The Balaban J connectivity index is 2.13. The Kier molecular flexibility index (Phi) is 5.18. The molecule has 2 heterocycles. The number of hydrogen-bond acceptors (Lipinski definition) is 6. The number of H-pyrrole nitrogens is 1. The number of anilines is 1. The van der Waals surface area contributed by atoms with E-state index in [1.807, 2.05) is 0 Å². The summed E-state index contributed by atoms with van der Waals surface area (Å²) < 4.78 is 14.4. The number of ketones is 1. The highest BCUT2D eigenvalue weighted by molar-refractivity contribution is 5.99. The zero-order valence-corrected chi connectivity index (χ0v) is 15.6. The molecule has 0 aromatic carbocycles. The van der Waals surface area contributed by atoms with Crippen LogP contribution in [-0.2, 0) is 6.42 Å². The molecular weight excluding hydrogens is 347 g/mol. The fourth-order valence-corrected chi connectivity index (χ4v) is 3.85. The quantitative estimate of drug-likeness (QED) is 0.691. The average Bonchev–Trinajstić information content (AvgIpc) is 2.59. The number of allylic oxidation sites excluding steroid dienone is 1. The van der Waals surface area contributed by atoms with E-state index in [0.717, 1.165) is 11.4 Å². The number of nitrogens with two attached hydrogens (primary N) is 2. The molecular formula is C19H24FN6O+. The molecule has 0 amide bonds. The van der Waals surface area contributed by atoms with Crippen molar-refractivity contribution in [3.63, 3.8) is 0 Å². The second-order valence-corrected chi connectivity index (χ2v) is 6.80. The summed E-state index contributed by atoms with van der Waals surface area (Å²) in [5.41, 5.74) is 15.6. The van der Waals surface area contributed by atoms with E-state index in [9.17, 15) is 9.18 Å². The van der Waals surface area contributed by atoms with Crippen molar-refractivity contribution < 1.29 is 14.2 Å². The normalized spacial score (nSPS) is 18.6. The molecule has 7 nitrogen and oxygen atoms in total. The first-order valence-corrected chi connectivity index (χ1v) is 8.83. The van der Waals surface area contributed by atoms with E-state index < -0.39 is 12.0 Å². The Hall–Kier alpha value is -2.87. The first-order chi connectivity index (χ1) is 12.8. The van der Waals surface area contributed by atoms with Crippen LogP contribution >= 0.6 is 0 Å². The summed E-state index contributed by atoms with van der Waals surface area (Å²) in [7, 11) is 1.75. The maximum absolute atomic E-state index is 14.4. The van der Waals surface area contributed by atoms with E-state index in [2.05, 4.69) is 20.3 Å². The monoisotopic (exact) mass is 371 g/mol. The zero-order valence-electron chi connectivity index (χ0n) is 15.6. The minimum atomic E-state index is -0.587. The molecule has 0 aliphatic heterocycles. The number of aromatic nitrogens is 3. The van der Waals surface area contributed by atoms with E-state index in [1.54, 1.807) is 33.0 Å². The number of rotatable bonds is 4. The van der Waals surface area contributed by atoms with Crippen LogP contribution in [0.3, 0.4) is 0 Å². The van der Waals surface area contributed by atoms with E-state index in [1.165, 1.54) is 6.20 Å². The van der Waals surface area contributed by atoms with Gasteiger partial charge >= 0.3 is 5.95 Å². The van der Waals surface area contributed by atoms with Crippen LogP contribution in [-0.4, -0.2) is 28.8 Å². The summed E-state index contributed by atoms with van der Waals surface area (Å²) in [4.78, 5) is 23.7. The summed E-state index contributed by atoms with van der Waals surface area (Å²) >= 11 is 0. The van der Waals surface area contributed by atoms with Gasteiger partial charge < -0.3 is 11.1 Å². The molecule has 2 aromatic rings. The molecule has 8 heteroatoms. The number of aromatic amines is 1. The molecule has 2 aromatic heterocycles. The molecule has 1 aliphatic carbocycles.